The van der Waals surface area contributed by atoms with Crippen LogP contribution in [0.5, 0.6) is 0 Å². The van der Waals surface area contributed by atoms with Crippen molar-refractivity contribution in [1.82, 2.24) is 5.32 Å². The minimum Gasteiger partial charge on any atom is -0.338 e. The highest BCUT2D eigenvalue weighted by Crippen LogP contribution is 2.20. The van der Waals surface area contributed by atoms with Crippen LogP contribution in [0, 0.1) is 0 Å². The van der Waals surface area contributed by atoms with Crippen molar-refractivity contribution in [2.45, 2.75) is 39.5 Å². The van der Waals surface area contributed by atoms with Crippen molar-refractivity contribution in [3.8, 4) is 0 Å². The molecular weight excluding hydrogens is 212 g/mol. The maximum absolute atomic E-state index is 11.4. The van der Waals surface area contributed by atoms with Crippen LogP contribution in [-0.4, -0.2) is 12.6 Å². The van der Waals surface area contributed by atoms with Crippen molar-refractivity contribution < 1.29 is 4.79 Å². The number of urea groups is 1. The Kier molecular flexibility index (Phi) is 5.53. The van der Waals surface area contributed by atoms with Crippen LogP contribution in [0.3, 0.4) is 0 Å². The average molecular weight is 234 g/mol. The van der Waals surface area contributed by atoms with Gasteiger partial charge in [0, 0.05) is 12.2 Å². The predicted octanol–water partition coefficient (Wildman–Crippen LogP) is 3.73. The zero-order chi connectivity index (χ0) is 12.7. The van der Waals surface area contributed by atoms with E-state index in [1.807, 2.05) is 19.1 Å². The SMILES string of the molecule is CCCNC(=O)Nc1ccc([C@H](C)CC)cc1. The predicted molar refractivity (Wildman–Crippen MR) is 72.5 cm³/mol. The van der Waals surface area contributed by atoms with Crippen molar-refractivity contribution in [3.63, 3.8) is 0 Å². The number of hydrogen-bond donors (Lipinski definition) is 2. The number of amides is 2. The summed E-state index contributed by atoms with van der Waals surface area (Å²) >= 11 is 0. The van der Waals surface area contributed by atoms with Crippen LogP contribution in [0.4, 0.5) is 10.5 Å². The Hall–Kier alpha value is -1.51. The summed E-state index contributed by atoms with van der Waals surface area (Å²) in [6.45, 7) is 7.11. The van der Waals surface area contributed by atoms with Crippen LogP contribution in [0.15, 0.2) is 24.3 Å². The molecule has 0 aliphatic rings. The summed E-state index contributed by atoms with van der Waals surface area (Å²) in [6, 6.07) is 7.91. The highest BCUT2D eigenvalue weighted by atomic mass is 16.2. The van der Waals surface area contributed by atoms with Crippen LogP contribution in [0.1, 0.15) is 45.1 Å². The molecule has 0 heterocycles. The van der Waals surface area contributed by atoms with Crippen molar-refractivity contribution in [3.05, 3.63) is 29.8 Å². The molecule has 0 aliphatic heterocycles. The largest absolute Gasteiger partial charge is 0.338 e. The molecule has 3 nitrogen and oxygen atoms in total. The summed E-state index contributed by atoms with van der Waals surface area (Å²) < 4.78 is 0. The molecule has 94 valence electrons. The second kappa shape index (κ2) is 6.94. The van der Waals surface area contributed by atoms with Gasteiger partial charge in [-0.25, -0.2) is 4.79 Å². The molecule has 0 bridgehead atoms. The second-order valence-corrected chi connectivity index (χ2v) is 4.31. The van der Waals surface area contributed by atoms with E-state index in [1.165, 1.54) is 5.56 Å². The Bertz CT molecular complexity index is 346. The fraction of sp³-hybridized carbons (Fsp3) is 0.500. The molecule has 0 fully saturated rings. The third kappa shape index (κ3) is 4.47. The van der Waals surface area contributed by atoms with Gasteiger partial charge in [-0.15, -0.1) is 0 Å². The number of carbonyl (C=O) groups excluding carboxylic acids is 1. The molecule has 0 spiro atoms. The van der Waals surface area contributed by atoms with E-state index in [0.717, 1.165) is 18.5 Å². The van der Waals surface area contributed by atoms with Crippen molar-refractivity contribution >= 4 is 11.7 Å². The summed E-state index contributed by atoms with van der Waals surface area (Å²) in [6.07, 6.45) is 2.07. The molecule has 0 aromatic heterocycles. The molecule has 0 radical (unpaired) electrons. The summed E-state index contributed by atoms with van der Waals surface area (Å²) in [4.78, 5) is 11.4. The first-order valence-corrected chi connectivity index (χ1v) is 6.32. The molecule has 0 aliphatic carbocycles. The first-order chi connectivity index (χ1) is 8.17. The van der Waals surface area contributed by atoms with Gasteiger partial charge in [0.2, 0.25) is 0 Å². The fourth-order valence-corrected chi connectivity index (χ4v) is 1.54. The summed E-state index contributed by atoms with van der Waals surface area (Å²) in [5.41, 5.74) is 2.15. The van der Waals surface area contributed by atoms with Crippen LogP contribution < -0.4 is 10.6 Å². The zero-order valence-corrected chi connectivity index (χ0v) is 10.9. The lowest BCUT2D eigenvalue weighted by Gasteiger charge is -2.10. The molecule has 0 saturated heterocycles. The first-order valence-electron chi connectivity index (χ1n) is 6.32. The minimum atomic E-state index is -0.136. The first kappa shape index (κ1) is 13.6. The maximum Gasteiger partial charge on any atom is 0.319 e. The van der Waals surface area contributed by atoms with E-state index in [1.54, 1.807) is 0 Å². The molecule has 1 aromatic carbocycles. The molecule has 1 aromatic rings. The van der Waals surface area contributed by atoms with Gasteiger partial charge in [-0.2, -0.15) is 0 Å². The number of rotatable bonds is 5. The lowest BCUT2D eigenvalue weighted by molar-refractivity contribution is 0.252. The number of anilines is 1. The third-order valence-electron chi connectivity index (χ3n) is 2.89. The van der Waals surface area contributed by atoms with E-state index >= 15 is 0 Å². The van der Waals surface area contributed by atoms with Crippen LogP contribution in [0.2, 0.25) is 0 Å². The van der Waals surface area contributed by atoms with E-state index in [2.05, 4.69) is 36.6 Å². The van der Waals surface area contributed by atoms with Crippen LogP contribution >= 0.6 is 0 Å². The standard InChI is InChI=1S/C14H22N2O/c1-4-10-15-14(17)16-13-8-6-12(7-9-13)11(3)5-2/h6-9,11H,4-5,10H2,1-3H3,(H2,15,16,17)/t11-/m1/s1. The Morgan fingerprint density at radius 3 is 2.41 bits per heavy atom. The molecular formula is C14H22N2O. The number of benzene rings is 1. The van der Waals surface area contributed by atoms with Crippen LogP contribution in [0.25, 0.3) is 0 Å². The number of carbonyl (C=O) groups is 1. The Morgan fingerprint density at radius 2 is 1.88 bits per heavy atom. The van der Waals surface area contributed by atoms with Gasteiger partial charge in [-0.3, -0.25) is 0 Å². The Morgan fingerprint density at radius 1 is 1.24 bits per heavy atom. The molecule has 0 unspecified atom stereocenters. The molecule has 3 heteroatoms. The van der Waals surface area contributed by atoms with E-state index in [-0.39, 0.29) is 6.03 Å². The molecule has 1 atom stereocenters. The molecule has 2 amide bonds. The van der Waals surface area contributed by atoms with Crippen LogP contribution in [-0.2, 0) is 0 Å². The lowest BCUT2D eigenvalue weighted by Crippen LogP contribution is -2.29. The summed E-state index contributed by atoms with van der Waals surface area (Å²) in [5.74, 6) is 0.568. The highest BCUT2D eigenvalue weighted by molar-refractivity contribution is 5.89. The molecule has 17 heavy (non-hydrogen) atoms. The summed E-state index contributed by atoms with van der Waals surface area (Å²) in [5, 5.41) is 5.59. The van der Waals surface area contributed by atoms with Crippen molar-refractivity contribution in [1.29, 1.82) is 0 Å². The van der Waals surface area contributed by atoms with Gasteiger partial charge in [-0.05, 0) is 36.5 Å². The van der Waals surface area contributed by atoms with Gasteiger partial charge in [0.05, 0.1) is 0 Å². The Balaban J connectivity index is 2.53. The van der Waals surface area contributed by atoms with E-state index < -0.39 is 0 Å². The van der Waals surface area contributed by atoms with Crippen molar-refractivity contribution in [2.75, 3.05) is 11.9 Å². The monoisotopic (exact) mass is 234 g/mol. The number of hydrogen-bond acceptors (Lipinski definition) is 1. The normalized spacial score (nSPS) is 11.9. The smallest absolute Gasteiger partial charge is 0.319 e. The molecule has 1 rings (SSSR count). The van der Waals surface area contributed by atoms with Gasteiger partial charge in [0.25, 0.3) is 0 Å². The van der Waals surface area contributed by atoms with E-state index in [0.29, 0.717) is 12.5 Å². The average Bonchev–Trinajstić information content (AvgIpc) is 2.36. The van der Waals surface area contributed by atoms with Gasteiger partial charge in [-0.1, -0.05) is 32.9 Å². The third-order valence-corrected chi connectivity index (χ3v) is 2.89. The molecule has 0 saturated carbocycles. The van der Waals surface area contributed by atoms with Crippen molar-refractivity contribution in [2.24, 2.45) is 0 Å². The second-order valence-electron chi connectivity index (χ2n) is 4.31. The Labute approximate surface area is 104 Å². The maximum atomic E-state index is 11.4. The van der Waals surface area contributed by atoms with E-state index in [9.17, 15) is 4.79 Å². The topological polar surface area (TPSA) is 41.1 Å². The molecule has 2 N–H and O–H groups in total. The highest BCUT2D eigenvalue weighted by Gasteiger charge is 2.03. The quantitative estimate of drug-likeness (QED) is 0.800. The fourth-order valence-electron chi connectivity index (χ4n) is 1.54. The number of nitrogens with one attached hydrogen (secondary N) is 2. The summed E-state index contributed by atoms with van der Waals surface area (Å²) in [7, 11) is 0. The van der Waals surface area contributed by atoms with Gasteiger partial charge >= 0.3 is 6.03 Å². The lowest BCUT2D eigenvalue weighted by atomic mass is 9.99. The van der Waals surface area contributed by atoms with Gasteiger partial charge in [0.1, 0.15) is 0 Å². The zero-order valence-electron chi connectivity index (χ0n) is 10.9. The van der Waals surface area contributed by atoms with Gasteiger partial charge < -0.3 is 10.6 Å². The minimum absolute atomic E-state index is 0.136. The van der Waals surface area contributed by atoms with E-state index in [4.69, 9.17) is 0 Å². The van der Waals surface area contributed by atoms with Gasteiger partial charge in [0.15, 0.2) is 0 Å².